The number of hydrogen-bond acceptors (Lipinski definition) is 4. The number of nitrogens with zero attached hydrogens (tertiary/aromatic N) is 1. The molecule has 0 radical (unpaired) electrons. The Morgan fingerprint density at radius 2 is 1.95 bits per heavy atom. The first-order chi connectivity index (χ1) is 8.75. The van der Waals surface area contributed by atoms with Gasteiger partial charge in [-0.25, -0.2) is 17.5 Å². The summed E-state index contributed by atoms with van der Waals surface area (Å²) in [7, 11) is -2.35. The molecule has 0 amide bonds. The van der Waals surface area contributed by atoms with Crippen molar-refractivity contribution < 1.29 is 22.7 Å². The molecule has 0 bridgehead atoms. The first-order valence-corrected chi connectivity index (χ1v) is 7.48. The van der Waals surface area contributed by atoms with E-state index in [1.54, 1.807) is 0 Å². The SMILES string of the molecule is Cc1oc(C)c(S(=O)(=O)N(C)CC2CC2)c1C(=O)O. The normalized spacial score (nSPS) is 16.0. The fraction of sp³-hybridized carbons (Fsp3) is 0.583. The number of rotatable bonds is 5. The number of furan rings is 1. The van der Waals surface area contributed by atoms with Crippen molar-refractivity contribution in [3.63, 3.8) is 0 Å². The van der Waals surface area contributed by atoms with Gasteiger partial charge >= 0.3 is 5.97 Å². The summed E-state index contributed by atoms with van der Waals surface area (Å²) in [6, 6.07) is 0. The van der Waals surface area contributed by atoms with Crippen LogP contribution in [-0.2, 0) is 10.0 Å². The molecule has 6 nitrogen and oxygen atoms in total. The van der Waals surface area contributed by atoms with E-state index in [2.05, 4.69) is 0 Å². The molecule has 0 unspecified atom stereocenters. The summed E-state index contributed by atoms with van der Waals surface area (Å²) in [6.45, 7) is 3.35. The Bertz CT molecular complexity index is 612. The smallest absolute Gasteiger partial charge is 0.340 e. The topological polar surface area (TPSA) is 87.8 Å². The van der Waals surface area contributed by atoms with E-state index in [1.165, 1.54) is 25.2 Å². The van der Waals surface area contributed by atoms with Gasteiger partial charge in [0.05, 0.1) is 0 Å². The van der Waals surface area contributed by atoms with E-state index >= 15 is 0 Å². The molecule has 2 rings (SSSR count). The standard InChI is InChI=1S/C12H17NO5S/c1-7-10(12(14)15)11(8(2)18-7)19(16,17)13(3)6-9-4-5-9/h9H,4-6H2,1-3H3,(H,14,15). The molecular weight excluding hydrogens is 270 g/mol. The Balaban J connectivity index is 2.47. The van der Waals surface area contributed by atoms with Crippen molar-refractivity contribution in [2.75, 3.05) is 13.6 Å². The van der Waals surface area contributed by atoms with Crippen molar-refractivity contribution in [3.8, 4) is 0 Å². The average Bonchev–Trinajstić information content (AvgIpc) is 3.02. The van der Waals surface area contributed by atoms with Crippen LogP contribution < -0.4 is 0 Å². The lowest BCUT2D eigenvalue weighted by Crippen LogP contribution is -2.30. The zero-order chi connectivity index (χ0) is 14.4. The molecule has 1 N–H and O–H groups in total. The Kier molecular flexibility index (Phi) is 3.44. The molecule has 0 aromatic carbocycles. The van der Waals surface area contributed by atoms with Gasteiger partial charge in [-0.1, -0.05) is 0 Å². The predicted molar refractivity (Wildman–Crippen MR) is 67.7 cm³/mol. The molecule has 19 heavy (non-hydrogen) atoms. The van der Waals surface area contributed by atoms with Crippen molar-refractivity contribution in [3.05, 3.63) is 17.1 Å². The lowest BCUT2D eigenvalue weighted by atomic mass is 10.2. The molecule has 1 heterocycles. The van der Waals surface area contributed by atoms with Gasteiger partial charge in [-0.05, 0) is 32.6 Å². The summed E-state index contributed by atoms with van der Waals surface area (Å²) in [5.74, 6) is -0.657. The Morgan fingerprint density at radius 1 is 1.37 bits per heavy atom. The second-order valence-electron chi connectivity index (χ2n) is 4.95. The van der Waals surface area contributed by atoms with Gasteiger partial charge in [0.1, 0.15) is 22.0 Å². The molecule has 1 aliphatic rings. The van der Waals surface area contributed by atoms with Crippen LogP contribution in [-0.4, -0.2) is 37.4 Å². The van der Waals surface area contributed by atoms with Gasteiger partial charge in [-0.2, -0.15) is 0 Å². The third-order valence-corrected chi connectivity index (χ3v) is 5.28. The zero-order valence-electron chi connectivity index (χ0n) is 11.1. The molecule has 1 aromatic heterocycles. The van der Waals surface area contributed by atoms with Crippen molar-refractivity contribution in [1.82, 2.24) is 4.31 Å². The molecule has 1 aromatic rings. The van der Waals surface area contributed by atoms with Crippen LogP contribution in [0.4, 0.5) is 0 Å². The van der Waals surface area contributed by atoms with Gasteiger partial charge in [0, 0.05) is 13.6 Å². The highest BCUT2D eigenvalue weighted by molar-refractivity contribution is 7.89. The van der Waals surface area contributed by atoms with E-state index < -0.39 is 16.0 Å². The van der Waals surface area contributed by atoms with E-state index in [9.17, 15) is 13.2 Å². The fourth-order valence-electron chi connectivity index (χ4n) is 2.14. The summed E-state index contributed by atoms with van der Waals surface area (Å²) >= 11 is 0. The maximum atomic E-state index is 12.5. The summed E-state index contributed by atoms with van der Waals surface area (Å²) in [6.07, 6.45) is 2.05. The maximum Gasteiger partial charge on any atom is 0.340 e. The second-order valence-corrected chi connectivity index (χ2v) is 6.93. The van der Waals surface area contributed by atoms with E-state index in [-0.39, 0.29) is 22.0 Å². The van der Waals surface area contributed by atoms with Crippen LogP contribution >= 0.6 is 0 Å². The molecule has 106 valence electrons. The Labute approximate surface area is 112 Å². The summed E-state index contributed by atoms with van der Waals surface area (Å²) < 4.78 is 31.3. The third kappa shape index (κ3) is 2.52. The molecule has 0 atom stereocenters. The third-order valence-electron chi connectivity index (χ3n) is 3.30. The van der Waals surface area contributed by atoms with Gasteiger partial charge in [0.25, 0.3) is 0 Å². The minimum Gasteiger partial charge on any atom is -0.478 e. The molecule has 1 aliphatic carbocycles. The lowest BCUT2D eigenvalue weighted by Gasteiger charge is -2.16. The molecule has 7 heteroatoms. The van der Waals surface area contributed by atoms with Gasteiger partial charge < -0.3 is 9.52 Å². The molecule has 1 fully saturated rings. The Morgan fingerprint density at radius 3 is 2.42 bits per heavy atom. The quantitative estimate of drug-likeness (QED) is 0.889. The molecule has 0 aliphatic heterocycles. The highest BCUT2D eigenvalue weighted by Gasteiger charge is 2.35. The Hall–Kier alpha value is -1.34. The summed E-state index contributed by atoms with van der Waals surface area (Å²) in [4.78, 5) is 11.0. The van der Waals surface area contributed by atoms with E-state index in [1.807, 2.05) is 0 Å². The summed E-state index contributed by atoms with van der Waals surface area (Å²) in [5.41, 5.74) is -0.264. The van der Waals surface area contributed by atoms with Crippen molar-refractivity contribution in [2.45, 2.75) is 31.6 Å². The van der Waals surface area contributed by atoms with Crippen LogP contribution in [0.1, 0.15) is 34.7 Å². The van der Waals surface area contributed by atoms with Gasteiger partial charge in [0.15, 0.2) is 0 Å². The van der Waals surface area contributed by atoms with Crippen molar-refractivity contribution in [2.24, 2.45) is 5.92 Å². The zero-order valence-corrected chi connectivity index (χ0v) is 12.0. The van der Waals surface area contributed by atoms with Crippen LogP contribution in [0.15, 0.2) is 9.31 Å². The molecule has 0 saturated heterocycles. The number of aromatic carboxylic acids is 1. The first-order valence-electron chi connectivity index (χ1n) is 6.04. The molecular formula is C12H17NO5S. The van der Waals surface area contributed by atoms with Crippen molar-refractivity contribution >= 4 is 16.0 Å². The number of carboxylic acid groups (broad SMARTS) is 1. The fourth-order valence-corrected chi connectivity index (χ4v) is 3.75. The average molecular weight is 287 g/mol. The largest absolute Gasteiger partial charge is 0.478 e. The van der Waals surface area contributed by atoms with Gasteiger partial charge in [-0.15, -0.1) is 0 Å². The molecule has 0 spiro atoms. The van der Waals surface area contributed by atoms with Crippen LogP contribution in [0, 0.1) is 19.8 Å². The number of sulfonamides is 1. The van der Waals surface area contributed by atoms with Gasteiger partial charge in [-0.3, -0.25) is 0 Å². The summed E-state index contributed by atoms with van der Waals surface area (Å²) in [5, 5.41) is 9.16. The first kappa shape index (κ1) is 14.1. The van der Waals surface area contributed by atoms with Crippen LogP contribution in [0.25, 0.3) is 0 Å². The van der Waals surface area contributed by atoms with E-state index in [0.29, 0.717) is 12.5 Å². The van der Waals surface area contributed by atoms with Crippen LogP contribution in [0.2, 0.25) is 0 Å². The maximum absolute atomic E-state index is 12.5. The van der Waals surface area contributed by atoms with Crippen molar-refractivity contribution in [1.29, 1.82) is 0 Å². The second kappa shape index (κ2) is 4.64. The number of carbonyl (C=O) groups is 1. The van der Waals surface area contributed by atoms with E-state index in [4.69, 9.17) is 9.52 Å². The minimum absolute atomic E-state index is 0.114. The predicted octanol–water partition coefficient (Wildman–Crippen LogP) is 1.63. The van der Waals surface area contributed by atoms with Crippen LogP contribution in [0.5, 0.6) is 0 Å². The lowest BCUT2D eigenvalue weighted by molar-refractivity contribution is 0.0691. The monoisotopic (exact) mass is 287 g/mol. The molecule has 1 saturated carbocycles. The number of carboxylic acids is 1. The highest BCUT2D eigenvalue weighted by Crippen LogP contribution is 2.33. The minimum atomic E-state index is -3.82. The van der Waals surface area contributed by atoms with Gasteiger partial charge in [0.2, 0.25) is 10.0 Å². The highest BCUT2D eigenvalue weighted by atomic mass is 32.2. The van der Waals surface area contributed by atoms with E-state index in [0.717, 1.165) is 12.8 Å². The number of hydrogen-bond donors (Lipinski definition) is 1. The van der Waals surface area contributed by atoms with Crippen LogP contribution in [0.3, 0.4) is 0 Å². The number of aryl methyl sites for hydroxylation is 2.